The van der Waals surface area contributed by atoms with Crippen LogP contribution in [-0.2, 0) is 0 Å². The van der Waals surface area contributed by atoms with Crippen molar-refractivity contribution in [2.24, 2.45) is 0 Å². The van der Waals surface area contributed by atoms with Gasteiger partial charge in [-0.15, -0.1) is 0 Å². The Bertz CT molecular complexity index is 23.4. The zero-order valence-corrected chi connectivity index (χ0v) is 4.78. The lowest BCUT2D eigenvalue weighted by Gasteiger charge is -1.88. The molecule has 0 aromatic carbocycles. The van der Waals surface area contributed by atoms with E-state index in [2.05, 4.69) is 6.92 Å². The van der Waals surface area contributed by atoms with Crippen LogP contribution in [0, 0.1) is 6.67 Å². The number of unbranched alkanes of at least 4 members (excludes halogenated alkanes) is 3. The van der Waals surface area contributed by atoms with Gasteiger partial charge in [0.25, 0.3) is 0 Å². The number of hydrogen-bond donors (Lipinski definition) is 0. The van der Waals surface area contributed by atoms with Crippen LogP contribution in [0.3, 0.4) is 0 Å². The van der Waals surface area contributed by atoms with Gasteiger partial charge in [-0.1, -0.05) is 26.2 Å². The first-order valence-electron chi connectivity index (χ1n) is 2.83. The molecule has 7 heavy (non-hydrogen) atoms. The molecule has 0 aromatic heterocycles. The molecule has 0 N–H and O–H groups in total. The van der Waals surface area contributed by atoms with Gasteiger partial charge in [-0.2, -0.15) is 0 Å². The van der Waals surface area contributed by atoms with Crippen molar-refractivity contribution < 1.29 is 4.39 Å². The summed E-state index contributed by atoms with van der Waals surface area (Å²) in [5.74, 6) is 0. The van der Waals surface area contributed by atoms with Gasteiger partial charge >= 0.3 is 0 Å². The van der Waals surface area contributed by atoms with Crippen LogP contribution < -0.4 is 0 Å². The third-order valence-corrected chi connectivity index (χ3v) is 0.917. The molecule has 0 spiro atoms. The number of rotatable bonds is 4. The van der Waals surface area contributed by atoms with Crippen LogP contribution in [0.4, 0.5) is 4.39 Å². The van der Waals surface area contributed by atoms with E-state index in [-0.39, 0.29) is 0 Å². The first-order chi connectivity index (χ1) is 3.41. The lowest BCUT2D eigenvalue weighted by Crippen LogP contribution is -1.70. The second kappa shape index (κ2) is 5.93. The van der Waals surface area contributed by atoms with E-state index < -0.39 is 0 Å². The van der Waals surface area contributed by atoms with Crippen molar-refractivity contribution in [2.75, 3.05) is 0 Å². The molecule has 0 aliphatic carbocycles. The minimum Gasteiger partial charge on any atom is -0.244 e. The van der Waals surface area contributed by atoms with Crippen LogP contribution in [0.25, 0.3) is 0 Å². The second-order valence-corrected chi connectivity index (χ2v) is 1.65. The summed E-state index contributed by atoms with van der Waals surface area (Å²) in [4.78, 5) is 0. The van der Waals surface area contributed by atoms with Crippen LogP contribution >= 0.6 is 0 Å². The molecule has 0 aliphatic heterocycles. The molecule has 1 radical (unpaired) electrons. The molecule has 0 heterocycles. The van der Waals surface area contributed by atoms with Gasteiger partial charge in [-0.05, 0) is 6.42 Å². The molecule has 0 fully saturated rings. The van der Waals surface area contributed by atoms with Gasteiger partial charge in [0.2, 0.25) is 0 Å². The normalized spacial score (nSPS) is 9.43. The smallest absolute Gasteiger partial charge is 0.131 e. The van der Waals surface area contributed by atoms with E-state index in [1.165, 1.54) is 6.42 Å². The highest BCUT2D eigenvalue weighted by molar-refractivity contribution is 4.46. The van der Waals surface area contributed by atoms with Gasteiger partial charge in [0, 0.05) is 0 Å². The molecule has 0 rings (SSSR count). The highest BCUT2D eigenvalue weighted by Crippen LogP contribution is 2.00. The van der Waals surface area contributed by atoms with Crippen LogP contribution in [0.2, 0.25) is 0 Å². The zero-order valence-electron chi connectivity index (χ0n) is 4.78. The van der Waals surface area contributed by atoms with E-state index in [0.29, 0.717) is 6.42 Å². The molecule has 0 saturated heterocycles. The Morgan fingerprint density at radius 3 is 2.57 bits per heavy atom. The van der Waals surface area contributed by atoms with Crippen molar-refractivity contribution in [3.05, 3.63) is 6.67 Å². The fourth-order valence-electron chi connectivity index (χ4n) is 0.471. The Kier molecular flexibility index (Phi) is 5.87. The van der Waals surface area contributed by atoms with Crippen molar-refractivity contribution in [1.82, 2.24) is 0 Å². The number of halogens is 1. The Hall–Kier alpha value is -0.0700. The van der Waals surface area contributed by atoms with Crippen molar-refractivity contribution in [2.45, 2.75) is 32.6 Å². The molecule has 0 bridgehead atoms. The summed E-state index contributed by atoms with van der Waals surface area (Å²) in [6, 6.07) is 0. The standard InChI is InChI=1S/C6H12F/c1-2-3-4-5-6-7/h6H,2-5H2,1H3. The molecule has 43 valence electrons. The Morgan fingerprint density at radius 2 is 2.14 bits per heavy atom. The molecule has 0 nitrogen and oxygen atoms in total. The molecule has 1 heteroatoms. The molecule has 0 aliphatic rings. The largest absolute Gasteiger partial charge is 0.244 e. The van der Waals surface area contributed by atoms with E-state index in [9.17, 15) is 4.39 Å². The Morgan fingerprint density at radius 1 is 1.43 bits per heavy atom. The molecule has 0 atom stereocenters. The van der Waals surface area contributed by atoms with Gasteiger partial charge < -0.3 is 0 Å². The predicted molar refractivity (Wildman–Crippen MR) is 29.5 cm³/mol. The maximum Gasteiger partial charge on any atom is 0.131 e. The van der Waals surface area contributed by atoms with Crippen molar-refractivity contribution in [3.8, 4) is 0 Å². The maximum atomic E-state index is 11.2. The average Bonchev–Trinajstić information content (AvgIpc) is 1.69. The minimum atomic E-state index is 0.633. The zero-order chi connectivity index (χ0) is 5.54. The lowest BCUT2D eigenvalue weighted by atomic mass is 10.2. The average molecular weight is 103 g/mol. The maximum absolute atomic E-state index is 11.2. The summed E-state index contributed by atoms with van der Waals surface area (Å²) in [5, 5.41) is 0. The summed E-state index contributed by atoms with van der Waals surface area (Å²) in [6.07, 6.45) is 3.97. The summed E-state index contributed by atoms with van der Waals surface area (Å²) in [6.45, 7) is 2.84. The first kappa shape index (κ1) is 6.93. The van der Waals surface area contributed by atoms with E-state index in [4.69, 9.17) is 0 Å². The topological polar surface area (TPSA) is 0 Å². The minimum absolute atomic E-state index is 0.633. The highest BCUT2D eigenvalue weighted by atomic mass is 19.1. The molecule has 0 saturated carbocycles. The van der Waals surface area contributed by atoms with Crippen LogP contribution in [0.15, 0.2) is 0 Å². The second-order valence-electron chi connectivity index (χ2n) is 1.65. The third-order valence-electron chi connectivity index (χ3n) is 0.917. The Labute approximate surface area is 44.7 Å². The molecule has 0 aromatic rings. The fraction of sp³-hybridized carbons (Fsp3) is 0.833. The van der Waals surface area contributed by atoms with Crippen molar-refractivity contribution in [1.29, 1.82) is 0 Å². The van der Waals surface area contributed by atoms with Gasteiger partial charge in [0.05, 0.1) is 0 Å². The van der Waals surface area contributed by atoms with Gasteiger partial charge in [0.1, 0.15) is 6.67 Å². The fourth-order valence-corrected chi connectivity index (χ4v) is 0.471. The quantitative estimate of drug-likeness (QED) is 0.480. The van der Waals surface area contributed by atoms with Gasteiger partial charge in [0.15, 0.2) is 0 Å². The highest BCUT2D eigenvalue weighted by Gasteiger charge is 1.82. The van der Waals surface area contributed by atoms with Gasteiger partial charge in [-0.3, -0.25) is 0 Å². The molecular weight excluding hydrogens is 91.1 g/mol. The van der Waals surface area contributed by atoms with Crippen molar-refractivity contribution in [3.63, 3.8) is 0 Å². The van der Waals surface area contributed by atoms with E-state index in [1.807, 2.05) is 0 Å². The molecule has 0 amide bonds. The van der Waals surface area contributed by atoms with E-state index in [1.54, 1.807) is 0 Å². The van der Waals surface area contributed by atoms with Gasteiger partial charge in [-0.25, -0.2) is 4.39 Å². The molecule has 0 unspecified atom stereocenters. The number of hydrogen-bond acceptors (Lipinski definition) is 0. The SMILES string of the molecule is CCCCC[CH]F. The van der Waals surface area contributed by atoms with E-state index >= 15 is 0 Å². The third kappa shape index (κ3) is 5.93. The summed E-state index contributed by atoms with van der Waals surface area (Å²) in [5.41, 5.74) is 0. The first-order valence-corrected chi connectivity index (χ1v) is 2.83. The summed E-state index contributed by atoms with van der Waals surface area (Å²) in [7, 11) is 0. The lowest BCUT2D eigenvalue weighted by molar-refractivity contribution is 0.548. The predicted octanol–water partition coefficient (Wildman–Crippen LogP) is 2.70. The van der Waals surface area contributed by atoms with E-state index in [0.717, 1.165) is 19.5 Å². The Balaban J connectivity index is 2.45. The van der Waals surface area contributed by atoms with Crippen LogP contribution in [-0.4, -0.2) is 0 Å². The molecular formula is C6H12F. The van der Waals surface area contributed by atoms with Crippen LogP contribution in [0.5, 0.6) is 0 Å². The van der Waals surface area contributed by atoms with Crippen LogP contribution in [0.1, 0.15) is 32.6 Å². The summed E-state index contributed by atoms with van der Waals surface area (Å²) >= 11 is 0. The monoisotopic (exact) mass is 103 g/mol. The van der Waals surface area contributed by atoms with Crippen molar-refractivity contribution >= 4 is 0 Å². The summed E-state index contributed by atoms with van der Waals surface area (Å²) < 4.78 is 11.2.